The van der Waals surface area contributed by atoms with Crippen LogP contribution in [0.15, 0.2) is 73.1 Å². The van der Waals surface area contributed by atoms with E-state index in [-0.39, 0.29) is 23.3 Å². The number of piperidine rings is 1. The third kappa shape index (κ3) is 5.77. The molecule has 0 radical (unpaired) electrons. The standard InChI is InChI=1S/C42H47N7O3/c1-24(2)36(47-41(51)52-4)40(50)49-23-42(15-16-42)20-35(49)38-43-22-34(45-38)30-12-11-28-17-27(9-10-29(28)18-30)25-5-7-26(8-6-25)33-21-44-39(46-33)37-31-13-14-32(19-31)48(37)3/h5-12,17-18,21-22,24,31-32,35-37H,13-16,19-20,23H2,1-4H3,(H,43,45)(H,44,46)(H,47,51). The van der Waals surface area contributed by atoms with Crippen LogP contribution in [0.1, 0.15) is 76.1 Å². The Morgan fingerprint density at radius 3 is 2.17 bits per heavy atom. The maximum absolute atomic E-state index is 13.9. The number of amides is 2. The second-order valence-corrected chi connectivity index (χ2v) is 16.1. The number of nitrogens with one attached hydrogen (secondary N) is 3. The van der Waals surface area contributed by atoms with Crippen LogP contribution in [0.3, 0.4) is 0 Å². The fourth-order valence-corrected chi connectivity index (χ4v) is 9.29. The molecule has 3 aromatic carbocycles. The highest BCUT2D eigenvalue weighted by atomic mass is 16.5. The smallest absolute Gasteiger partial charge is 0.407 e. The molecule has 9 rings (SSSR count). The SMILES string of the molecule is COC(=O)NC(C(=O)N1CC2(CC2)CC1c1ncc(-c2ccc3cc(-c4ccc(-c5cnc(C6C7CCC(C7)N6C)[nH]5)cc4)ccc3c2)[nH]1)C(C)C. The van der Waals surface area contributed by atoms with Crippen molar-refractivity contribution in [3.8, 4) is 33.6 Å². The predicted octanol–water partition coefficient (Wildman–Crippen LogP) is 7.88. The summed E-state index contributed by atoms with van der Waals surface area (Å²) in [6.45, 7) is 4.56. The third-order valence-electron chi connectivity index (χ3n) is 12.5. The molecule has 5 aromatic rings. The number of fused-ring (bicyclic) bond motifs is 3. The van der Waals surface area contributed by atoms with Crippen LogP contribution in [0, 0.1) is 17.3 Å². The molecule has 2 saturated carbocycles. The van der Waals surface area contributed by atoms with Gasteiger partial charge >= 0.3 is 6.09 Å². The van der Waals surface area contributed by atoms with E-state index in [2.05, 4.69) is 87.9 Å². The zero-order valence-electron chi connectivity index (χ0n) is 30.4. The zero-order chi connectivity index (χ0) is 35.7. The molecule has 2 saturated heterocycles. The molecule has 5 atom stereocenters. The highest BCUT2D eigenvalue weighted by molar-refractivity contribution is 5.91. The van der Waals surface area contributed by atoms with E-state index in [1.165, 1.54) is 42.9 Å². The van der Waals surface area contributed by atoms with Gasteiger partial charge in [0.2, 0.25) is 5.91 Å². The molecule has 4 aliphatic rings. The fourth-order valence-electron chi connectivity index (χ4n) is 9.29. The second kappa shape index (κ2) is 12.6. The van der Waals surface area contributed by atoms with Crippen molar-refractivity contribution >= 4 is 22.8 Å². The molecular formula is C42H47N7O3. The first-order valence-corrected chi connectivity index (χ1v) is 18.8. The van der Waals surface area contributed by atoms with Gasteiger partial charge in [-0.2, -0.15) is 0 Å². The predicted molar refractivity (Wildman–Crippen MR) is 201 cm³/mol. The Bertz CT molecular complexity index is 2150. The van der Waals surface area contributed by atoms with Gasteiger partial charge in [0.15, 0.2) is 0 Å². The average molecular weight is 698 g/mol. The van der Waals surface area contributed by atoms with Crippen molar-refractivity contribution in [1.82, 2.24) is 35.1 Å². The number of benzene rings is 3. The number of aromatic nitrogens is 4. The molecule has 3 N–H and O–H groups in total. The number of imidazole rings is 2. The van der Waals surface area contributed by atoms with Gasteiger partial charge in [-0.3, -0.25) is 9.69 Å². The second-order valence-electron chi connectivity index (χ2n) is 16.1. The van der Waals surface area contributed by atoms with Crippen molar-refractivity contribution in [2.24, 2.45) is 17.3 Å². The maximum atomic E-state index is 13.9. The van der Waals surface area contributed by atoms with E-state index in [1.54, 1.807) is 0 Å². The normalized spacial score (nSPS) is 23.9. The lowest BCUT2D eigenvalue weighted by Gasteiger charge is -2.30. The lowest BCUT2D eigenvalue weighted by molar-refractivity contribution is -0.135. The monoisotopic (exact) mass is 697 g/mol. The van der Waals surface area contributed by atoms with Gasteiger partial charge in [0.1, 0.15) is 17.7 Å². The summed E-state index contributed by atoms with van der Waals surface area (Å²) in [6, 6.07) is 22.1. The number of aromatic amines is 2. The average Bonchev–Trinajstić information content (AvgIpc) is 3.77. The molecule has 4 heterocycles. The van der Waals surface area contributed by atoms with Crippen LogP contribution in [0.2, 0.25) is 0 Å². The Morgan fingerprint density at radius 1 is 0.865 bits per heavy atom. The van der Waals surface area contributed by atoms with Crippen molar-refractivity contribution < 1.29 is 14.3 Å². The summed E-state index contributed by atoms with van der Waals surface area (Å²) in [5.74, 6) is 2.44. The van der Waals surface area contributed by atoms with E-state index in [4.69, 9.17) is 14.7 Å². The first kappa shape index (κ1) is 32.9. The number of alkyl carbamates (subject to hydrolysis) is 1. The Hall–Kier alpha value is -4.96. The van der Waals surface area contributed by atoms with Gasteiger partial charge < -0.3 is 24.9 Å². The fraction of sp³-hybridized carbons (Fsp3) is 0.429. The molecule has 10 heteroatoms. The van der Waals surface area contributed by atoms with Crippen molar-refractivity contribution in [2.75, 3.05) is 20.7 Å². The minimum absolute atomic E-state index is 0.0816. The van der Waals surface area contributed by atoms with Crippen LogP contribution in [0.5, 0.6) is 0 Å². The van der Waals surface area contributed by atoms with E-state index in [1.807, 2.05) is 31.1 Å². The van der Waals surface area contributed by atoms with E-state index >= 15 is 0 Å². The van der Waals surface area contributed by atoms with Gasteiger partial charge in [0, 0.05) is 18.2 Å². The van der Waals surface area contributed by atoms with Gasteiger partial charge in [0.25, 0.3) is 0 Å². The lowest BCUT2D eigenvalue weighted by Crippen LogP contribution is -2.51. The molecule has 10 nitrogen and oxygen atoms in total. The summed E-state index contributed by atoms with van der Waals surface area (Å²) in [7, 11) is 3.57. The summed E-state index contributed by atoms with van der Waals surface area (Å²) in [5, 5.41) is 5.07. The minimum atomic E-state index is -0.662. The van der Waals surface area contributed by atoms with Crippen LogP contribution < -0.4 is 5.32 Å². The van der Waals surface area contributed by atoms with Gasteiger partial charge in [-0.15, -0.1) is 0 Å². The van der Waals surface area contributed by atoms with Crippen LogP contribution in [0.25, 0.3) is 44.4 Å². The summed E-state index contributed by atoms with van der Waals surface area (Å²) < 4.78 is 4.82. The molecular weight excluding hydrogens is 651 g/mol. The van der Waals surface area contributed by atoms with Crippen LogP contribution in [-0.2, 0) is 9.53 Å². The number of methoxy groups -OCH3 is 1. The summed E-state index contributed by atoms with van der Waals surface area (Å²) in [5.41, 5.74) is 6.67. The molecule has 2 amide bonds. The van der Waals surface area contributed by atoms with E-state index in [9.17, 15) is 9.59 Å². The third-order valence-corrected chi connectivity index (χ3v) is 12.5. The van der Waals surface area contributed by atoms with Crippen molar-refractivity contribution in [3.05, 3.63) is 84.7 Å². The maximum Gasteiger partial charge on any atom is 0.407 e. The van der Waals surface area contributed by atoms with E-state index in [0.29, 0.717) is 24.5 Å². The molecule has 1 spiro atoms. The number of hydrogen-bond donors (Lipinski definition) is 3. The van der Waals surface area contributed by atoms with Crippen molar-refractivity contribution in [2.45, 2.75) is 76.5 Å². The first-order chi connectivity index (χ1) is 25.2. The van der Waals surface area contributed by atoms with Gasteiger partial charge in [-0.25, -0.2) is 14.8 Å². The Kier molecular flexibility index (Phi) is 7.99. The van der Waals surface area contributed by atoms with E-state index < -0.39 is 12.1 Å². The van der Waals surface area contributed by atoms with Crippen molar-refractivity contribution in [1.29, 1.82) is 0 Å². The largest absolute Gasteiger partial charge is 0.453 e. The molecule has 2 bridgehead atoms. The number of hydrogen-bond acceptors (Lipinski definition) is 6. The number of nitrogens with zero attached hydrogens (tertiary/aromatic N) is 4. The minimum Gasteiger partial charge on any atom is -0.453 e. The number of H-pyrrole nitrogens is 2. The number of carbonyl (C=O) groups is 2. The number of carbonyl (C=O) groups excluding carboxylic acids is 2. The highest BCUT2D eigenvalue weighted by Gasteiger charge is 2.55. The number of ether oxygens (including phenoxy) is 1. The van der Waals surface area contributed by atoms with Crippen LogP contribution >= 0.6 is 0 Å². The molecule has 268 valence electrons. The number of rotatable bonds is 8. The lowest BCUT2D eigenvalue weighted by atomic mass is 9.98. The van der Waals surface area contributed by atoms with Crippen LogP contribution in [-0.4, -0.2) is 74.5 Å². The summed E-state index contributed by atoms with van der Waals surface area (Å²) in [6.07, 6.45) is 10.3. The molecule has 2 aliphatic carbocycles. The van der Waals surface area contributed by atoms with Crippen LogP contribution in [0.4, 0.5) is 4.79 Å². The van der Waals surface area contributed by atoms with Crippen molar-refractivity contribution in [3.63, 3.8) is 0 Å². The highest BCUT2D eigenvalue weighted by Crippen LogP contribution is 2.58. The van der Waals surface area contributed by atoms with E-state index in [0.717, 1.165) is 58.8 Å². The Morgan fingerprint density at radius 2 is 1.50 bits per heavy atom. The van der Waals surface area contributed by atoms with Gasteiger partial charge in [-0.1, -0.05) is 62.4 Å². The summed E-state index contributed by atoms with van der Waals surface area (Å²) >= 11 is 0. The molecule has 52 heavy (non-hydrogen) atoms. The molecule has 2 aliphatic heterocycles. The quantitative estimate of drug-likeness (QED) is 0.152. The first-order valence-electron chi connectivity index (χ1n) is 18.8. The zero-order valence-corrected chi connectivity index (χ0v) is 30.4. The van der Waals surface area contributed by atoms with Gasteiger partial charge in [0.05, 0.1) is 43.0 Å². The molecule has 4 fully saturated rings. The Labute approximate surface area is 304 Å². The summed E-state index contributed by atoms with van der Waals surface area (Å²) in [4.78, 5) is 47.2. The molecule has 5 unspecified atom stereocenters. The van der Waals surface area contributed by atoms with Gasteiger partial charge in [-0.05, 0) is 102 Å². The Balaban J connectivity index is 0.911. The topological polar surface area (TPSA) is 119 Å². The molecule has 2 aromatic heterocycles. The number of likely N-dealkylation sites (tertiary alicyclic amines) is 2.